The molecule has 136 valence electrons. The maximum atomic E-state index is 13.2. The molecule has 2 aliphatic rings. The number of nitrogens with two attached hydrogens (primary N) is 1. The number of carbonyl (C=O) groups is 2. The minimum absolute atomic E-state index is 0.0744. The second-order valence-corrected chi connectivity index (χ2v) is 7.75. The molecule has 0 aromatic heterocycles. The predicted octanol–water partition coefficient (Wildman–Crippen LogP) is 2.22. The lowest BCUT2D eigenvalue weighted by Crippen LogP contribution is -2.53. The molecule has 0 unspecified atom stereocenters. The molecule has 1 aromatic carbocycles. The highest BCUT2D eigenvalue weighted by Crippen LogP contribution is 2.41. The van der Waals surface area contributed by atoms with Gasteiger partial charge in [-0.05, 0) is 49.9 Å². The van der Waals surface area contributed by atoms with Crippen molar-refractivity contribution in [3.63, 3.8) is 0 Å². The minimum Gasteiger partial charge on any atom is -0.369 e. The molecule has 2 amide bonds. The van der Waals surface area contributed by atoms with Crippen LogP contribution in [-0.4, -0.2) is 42.4 Å². The van der Waals surface area contributed by atoms with E-state index in [0.29, 0.717) is 11.6 Å². The number of piperidine rings is 1. The molecule has 1 saturated carbocycles. The van der Waals surface area contributed by atoms with Crippen molar-refractivity contribution < 1.29 is 9.59 Å². The molecule has 1 saturated heterocycles. The molecule has 0 radical (unpaired) electrons. The molecular weight excluding hydrogens is 338 g/mol. The number of nitrogens with zero attached hydrogens (tertiary/aromatic N) is 1. The van der Waals surface area contributed by atoms with Gasteiger partial charge in [-0.1, -0.05) is 36.6 Å². The Bertz CT molecular complexity index is 626. The van der Waals surface area contributed by atoms with Crippen molar-refractivity contribution in [2.75, 3.05) is 19.6 Å². The van der Waals surface area contributed by atoms with Gasteiger partial charge in [0.2, 0.25) is 11.8 Å². The Morgan fingerprint density at radius 3 is 2.52 bits per heavy atom. The molecule has 1 atom stereocenters. The lowest BCUT2D eigenvalue weighted by molar-refractivity contribution is -0.127. The fourth-order valence-electron chi connectivity index (χ4n) is 4.26. The van der Waals surface area contributed by atoms with Gasteiger partial charge in [0, 0.05) is 17.6 Å². The van der Waals surface area contributed by atoms with Gasteiger partial charge in [0.25, 0.3) is 0 Å². The number of hydrogen-bond acceptors (Lipinski definition) is 3. The Morgan fingerprint density at radius 1 is 1.20 bits per heavy atom. The summed E-state index contributed by atoms with van der Waals surface area (Å²) in [5.41, 5.74) is 5.90. The summed E-state index contributed by atoms with van der Waals surface area (Å²) < 4.78 is 0. The summed E-state index contributed by atoms with van der Waals surface area (Å²) in [6, 6.07) is 7.75. The van der Waals surface area contributed by atoms with E-state index in [1.54, 1.807) is 0 Å². The molecule has 6 heteroatoms. The highest BCUT2D eigenvalue weighted by Gasteiger charge is 2.43. The van der Waals surface area contributed by atoms with Crippen LogP contribution >= 0.6 is 11.6 Å². The number of benzene rings is 1. The first kappa shape index (κ1) is 18.2. The van der Waals surface area contributed by atoms with Crippen molar-refractivity contribution >= 4 is 23.4 Å². The van der Waals surface area contributed by atoms with Crippen LogP contribution in [0.2, 0.25) is 5.02 Å². The Balaban J connectivity index is 1.71. The topological polar surface area (TPSA) is 75.4 Å². The van der Waals surface area contributed by atoms with Gasteiger partial charge in [-0.3, -0.25) is 14.5 Å². The van der Waals surface area contributed by atoms with E-state index in [1.165, 1.54) is 0 Å². The van der Waals surface area contributed by atoms with Gasteiger partial charge in [-0.15, -0.1) is 0 Å². The molecule has 25 heavy (non-hydrogen) atoms. The predicted molar refractivity (Wildman–Crippen MR) is 98.4 cm³/mol. The van der Waals surface area contributed by atoms with Crippen LogP contribution in [0.15, 0.2) is 24.3 Å². The minimum atomic E-state index is -0.448. The molecule has 1 aliphatic heterocycles. The lowest BCUT2D eigenvalue weighted by Gasteiger charge is -2.35. The monoisotopic (exact) mass is 363 g/mol. The summed E-state index contributed by atoms with van der Waals surface area (Å²) in [4.78, 5) is 26.4. The second kappa shape index (κ2) is 7.75. The van der Waals surface area contributed by atoms with Gasteiger partial charge in [0.1, 0.15) is 0 Å². The Hall–Kier alpha value is -1.59. The summed E-state index contributed by atoms with van der Waals surface area (Å²) in [5.74, 6) is -0.210. The summed E-state index contributed by atoms with van der Waals surface area (Å²) in [5, 5.41) is 3.94. The van der Waals surface area contributed by atoms with Crippen molar-refractivity contribution in [1.29, 1.82) is 0 Å². The molecule has 0 bridgehead atoms. The van der Waals surface area contributed by atoms with Gasteiger partial charge in [-0.2, -0.15) is 0 Å². The molecule has 2 fully saturated rings. The van der Waals surface area contributed by atoms with E-state index >= 15 is 0 Å². The van der Waals surface area contributed by atoms with E-state index in [2.05, 4.69) is 5.32 Å². The molecule has 1 aliphatic carbocycles. The van der Waals surface area contributed by atoms with E-state index in [9.17, 15) is 9.59 Å². The molecule has 5 nitrogen and oxygen atoms in total. The van der Waals surface area contributed by atoms with Gasteiger partial charge in [-0.25, -0.2) is 0 Å². The summed E-state index contributed by atoms with van der Waals surface area (Å²) >= 11 is 6.01. The molecule has 3 rings (SSSR count). The summed E-state index contributed by atoms with van der Waals surface area (Å²) in [7, 11) is 0. The summed E-state index contributed by atoms with van der Waals surface area (Å²) in [6.45, 7) is 1.80. The summed E-state index contributed by atoms with van der Waals surface area (Å²) in [6.07, 6.45) is 5.78. The number of carbonyl (C=O) groups excluding carboxylic acids is 2. The number of primary amides is 1. The fraction of sp³-hybridized carbons (Fsp3) is 0.579. The molecule has 3 N–H and O–H groups in total. The normalized spacial score (nSPS) is 23.3. The van der Waals surface area contributed by atoms with Crippen molar-refractivity contribution in [1.82, 2.24) is 10.2 Å². The Labute approximate surface area is 153 Å². The quantitative estimate of drug-likeness (QED) is 0.842. The number of rotatable bonds is 5. The molecular formula is C19H26ClN3O2. The van der Waals surface area contributed by atoms with Gasteiger partial charge < -0.3 is 11.1 Å². The van der Waals surface area contributed by atoms with Crippen molar-refractivity contribution in [3.05, 3.63) is 34.9 Å². The Morgan fingerprint density at radius 2 is 1.88 bits per heavy atom. The lowest BCUT2D eigenvalue weighted by atomic mass is 9.77. The van der Waals surface area contributed by atoms with E-state index in [0.717, 1.165) is 50.6 Å². The smallest absolute Gasteiger partial charge is 0.231 e. The largest absolute Gasteiger partial charge is 0.369 e. The first-order chi connectivity index (χ1) is 12.0. The van der Waals surface area contributed by atoms with Crippen molar-refractivity contribution in [2.24, 2.45) is 5.73 Å². The second-order valence-electron chi connectivity index (χ2n) is 7.31. The van der Waals surface area contributed by atoms with Crippen LogP contribution in [-0.2, 0) is 15.0 Å². The van der Waals surface area contributed by atoms with E-state index < -0.39 is 5.41 Å². The number of likely N-dealkylation sites (tertiary alicyclic amines) is 1. The molecule has 1 heterocycles. The number of amides is 2. The first-order valence-electron chi connectivity index (χ1n) is 9.07. The average Bonchev–Trinajstić information content (AvgIpc) is 3.06. The highest BCUT2D eigenvalue weighted by molar-refractivity contribution is 6.30. The van der Waals surface area contributed by atoms with Crippen LogP contribution in [0.4, 0.5) is 0 Å². The highest BCUT2D eigenvalue weighted by atomic mass is 35.5. The van der Waals surface area contributed by atoms with Crippen molar-refractivity contribution in [3.8, 4) is 0 Å². The molecule has 0 spiro atoms. The maximum absolute atomic E-state index is 13.2. The first-order valence-corrected chi connectivity index (χ1v) is 9.45. The van der Waals surface area contributed by atoms with Gasteiger partial charge in [0.15, 0.2) is 0 Å². The zero-order valence-electron chi connectivity index (χ0n) is 14.5. The Kier molecular flexibility index (Phi) is 5.64. The van der Waals surface area contributed by atoms with Crippen LogP contribution < -0.4 is 11.1 Å². The van der Waals surface area contributed by atoms with Crippen LogP contribution in [0.3, 0.4) is 0 Å². The SMILES string of the molecule is NC(=O)CN1CCC[C@H](NC(=O)C2(c3ccc(Cl)cc3)CCCC2)C1. The third-order valence-electron chi connectivity index (χ3n) is 5.51. The fourth-order valence-corrected chi connectivity index (χ4v) is 4.38. The average molecular weight is 364 g/mol. The van der Waals surface area contributed by atoms with E-state index in [4.69, 9.17) is 17.3 Å². The van der Waals surface area contributed by atoms with Crippen molar-refractivity contribution in [2.45, 2.75) is 50.0 Å². The third-order valence-corrected chi connectivity index (χ3v) is 5.76. The van der Waals surface area contributed by atoms with Gasteiger partial charge >= 0.3 is 0 Å². The third kappa shape index (κ3) is 4.15. The van der Waals surface area contributed by atoms with E-state index in [-0.39, 0.29) is 24.4 Å². The van der Waals surface area contributed by atoms with Crippen LogP contribution in [0, 0.1) is 0 Å². The van der Waals surface area contributed by atoms with E-state index in [1.807, 2.05) is 29.2 Å². The molecule has 1 aromatic rings. The van der Waals surface area contributed by atoms with Gasteiger partial charge in [0.05, 0.1) is 12.0 Å². The van der Waals surface area contributed by atoms with Crippen LogP contribution in [0.25, 0.3) is 0 Å². The van der Waals surface area contributed by atoms with Crippen LogP contribution in [0.1, 0.15) is 44.1 Å². The maximum Gasteiger partial charge on any atom is 0.231 e. The zero-order valence-corrected chi connectivity index (χ0v) is 15.2. The number of nitrogens with one attached hydrogen (secondary N) is 1. The number of hydrogen-bond donors (Lipinski definition) is 2. The zero-order chi connectivity index (χ0) is 17.9. The standard InChI is InChI=1S/C19H26ClN3O2/c20-15-7-5-14(6-8-15)19(9-1-2-10-19)18(25)22-16-4-3-11-23(12-16)13-17(21)24/h5-8,16H,1-4,9-13H2,(H2,21,24)(H,22,25)/t16-/m0/s1. The number of halogens is 1. The van der Waals surface area contributed by atoms with Crippen LogP contribution in [0.5, 0.6) is 0 Å².